The van der Waals surface area contributed by atoms with Gasteiger partial charge in [0.15, 0.2) is 0 Å². The number of amides is 1. The number of methoxy groups -OCH3 is 1. The van der Waals surface area contributed by atoms with Crippen molar-refractivity contribution in [3.8, 4) is 16.5 Å². The topological polar surface area (TPSA) is 73.1 Å². The summed E-state index contributed by atoms with van der Waals surface area (Å²) < 4.78 is 6.98. The van der Waals surface area contributed by atoms with E-state index in [1.54, 1.807) is 35.5 Å². The first-order valence-corrected chi connectivity index (χ1v) is 10.3. The van der Waals surface area contributed by atoms with Gasteiger partial charge in [-0.3, -0.25) is 4.79 Å². The van der Waals surface area contributed by atoms with Gasteiger partial charge in [-0.05, 0) is 43.7 Å². The lowest BCUT2D eigenvalue weighted by atomic mass is 10.0. The molecule has 4 heterocycles. The fourth-order valence-electron chi connectivity index (χ4n) is 3.57. The van der Waals surface area contributed by atoms with E-state index in [0.717, 1.165) is 30.0 Å². The van der Waals surface area contributed by atoms with E-state index in [1.807, 2.05) is 28.5 Å². The SMILES string of the molecule is COCc1c(C(=O)N2CCCC[C@H]2C)cnn1-c1nccc(-c2cccs2)n1. The van der Waals surface area contributed by atoms with E-state index in [1.165, 1.54) is 6.42 Å². The van der Waals surface area contributed by atoms with Crippen molar-refractivity contribution in [1.82, 2.24) is 24.6 Å². The molecule has 1 aliphatic rings. The molecule has 0 aromatic carbocycles. The summed E-state index contributed by atoms with van der Waals surface area (Å²) in [6.45, 7) is 3.14. The molecule has 0 unspecified atom stereocenters. The van der Waals surface area contributed by atoms with E-state index in [2.05, 4.69) is 22.0 Å². The van der Waals surface area contributed by atoms with Gasteiger partial charge in [-0.1, -0.05) is 6.07 Å². The van der Waals surface area contributed by atoms with Crippen LogP contribution in [-0.4, -0.2) is 50.3 Å². The fourth-order valence-corrected chi connectivity index (χ4v) is 4.26. The van der Waals surface area contributed by atoms with Crippen LogP contribution in [-0.2, 0) is 11.3 Å². The molecule has 4 rings (SSSR count). The van der Waals surface area contributed by atoms with E-state index in [9.17, 15) is 4.79 Å². The molecule has 1 aliphatic heterocycles. The summed E-state index contributed by atoms with van der Waals surface area (Å²) in [7, 11) is 1.61. The molecular formula is C20H23N5O2S. The van der Waals surface area contributed by atoms with Gasteiger partial charge in [0.2, 0.25) is 0 Å². The number of thiophene rings is 1. The summed E-state index contributed by atoms with van der Waals surface area (Å²) in [5.74, 6) is 0.434. The second-order valence-corrected chi connectivity index (χ2v) is 7.86. The largest absolute Gasteiger partial charge is 0.378 e. The summed E-state index contributed by atoms with van der Waals surface area (Å²) in [6, 6.07) is 6.11. The molecule has 0 N–H and O–H groups in total. The zero-order valence-corrected chi connectivity index (χ0v) is 16.9. The molecule has 28 heavy (non-hydrogen) atoms. The van der Waals surface area contributed by atoms with Gasteiger partial charge < -0.3 is 9.64 Å². The lowest BCUT2D eigenvalue weighted by Crippen LogP contribution is -2.42. The number of carbonyl (C=O) groups excluding carboxylic acids is 1. The molecule has 0 bridgehead atoms. The van der Waals surface area contributed by atoms with Gasteiger partial charge in [0.1, 0.15) is 0 Å². The lowest BCUT2D eigenvalue weighted by molar-refractivity contribution is 0.0630. The van der Waals surface area contributed by atoms with Crippen molar-refractivity contribution in [2.45, 2.75) is 38.8 Å². The first-order valence-electron chi connectivity index (χ1n) is 9.43. The zero-order valence-electron chi connectivity index (χ0n) is 16.0. The van der Waals surface area contributed by atoms with Crippen LogP contribution in [0.3, 0.4) is 0 Å². The molecule has 1 amide bonds. The lowest BCUT2D eigenvalue weighted by Gasteiger charge is -2.33. The van der Waals surface area contributed by atoms with Crippen molar-refractivity contribution in [3.63, 3.8) is 0 Å². The van der Waals surface area contributed by atoms with Crippen LogP contribution in [0.5, 0.6) is 0 Å². The highest BCUT2D eigenvalue weighted by molar-refractivity contribution is 7.13. The smallest absolute Gasteiger partial charge is 0.257 e. The van der Waals surface area contributed by atoms with Crippen molar-refractivity contribution < 1.29 is 9.53 Å². The Morgan fingerprint density at radius 1 is 1.36 bits per heavy atom. The van der Waals surface area contributed by atoms with Gasteiger partial charge >= 0.3 is 0 Å². The maximum atomic E-state index is 13.2. The Balaban J connectivity index is 1.71. The molecule has 7 nitrogen and oxygen atoms in total. The van der Waals surface area contributed by atoms with Crippen LogP contribution in [0.25, 0.3) is 16.5 Å². The molecule has 1 atom stereocenters. The quantitative estimate of drug-likeness (QED) is 0.658. The minimum atomic E-state index is -0.0000820. The Hall–Kier alpha value is -2.58. The van der Waals surface area contributed by atoms with E-state index in [-0.39, 0.29) is 18.6 Å². The fraction of sp³-hybridized carbons (Fsp3) is 0.400. The highest BCUT2D eigenvalue weighted by Crippen LogP contribution is 2.25. The summed E-state index contributed by atoms with van der Waals surface area (Å²) >= 11 is 1.62. The Morgan fingerprint density at radius 2 is 2.25 bits per heavy atom. The average molecular weight is 398 g/mol. The van der Waals surface area contributed by atoms with Gasteiger partial charge in [0, 0.05) is 25.9 Å². The van der Waals surface area contributed by atoms with Crippen molar-refractivity contribution in [3.05, 3.63) is 47.2 Å². The molecule has 8 heteroatoms. The Bertz CT molecular complexity index is 953. The summed E-state index contributed by atoms with van der Waals surface area (Å²) in [4.78, 5) is 25.2. The highest BCUT2D eigenvalue weighted by Gasteiger charge is 2.28. The summed E-state index contributed by atoms with van der Waals surface area (Å²) in [6.07, 6.45) is 6.56. The summed E-state index contributed by atoms with van der Waals surface area (Å²) in [5.41, 5.74) is 2.06. The standard InChI is InChI=1S/C20H23N5O2S/c1-14-6-3-4-10-24(14)19(26)15-12-22-25(17(15)13-27-2)20-21-9-8-16(23-20)18-7-5-11-28-18/h5,7-9,11-12,14H,3-4,6,10,13H2,1-2H3/t14-/m1/s1. The second kappa shape index (κ2) is 8.20. The molecule has 1 saturated heterocycles. The number of likely N-dealkylation sites (tertiary alicyclic amines) is 1. The third-order valence-corrected chi connectivity index (χ3v) is 5.94. The minimum Gasteiger partial charge on any atom is -0.378 e. The van der Waals surface area contributed by atoms with Gasteiger partial charge in [-0.2, -0.15) is 9.78 Å². The number of rotatable bonds is 5. The highest BCUT2D eigenvalue weighted by atomic mass is 32.1. The van der Waals surface area contributed by atoms with E-state index in [4.69, 9.17) is 4.74 Å². The van der Waals surface area contributed by atoms with Gasteiger partial charge in [0.05, 0.1) is 34.6 Å². The average Bonchev–Trinajstić information content (AvgIpc) is 3.39. The van der Waals surface area contributed by atoms with Gasteiger partial charge in [-0.15, -0.1) is 11.3 Å². The van der Waals surface area contributed by atoms with Crippen molar-refractivity contribution in [2.24, 2.45) is 0 Å². The number of carbonyl (C=O) groups is 1. The maximum absolute atomic E-state index is 13.2. The van der Waals surface area contributed by atoms with E-state index >= 15 is 0 Å². The molecule has 0 saturated carbocycles. The molecule has 3 aromatic heterocycles. The van der Waals surface area contributed by atoms with Crippen LogP contribution in [0.4, 0.5) is 0 Å². The second-order valence-electron chi connectivity index (χ2n) is 6.91. The zero-order chi connectivity index (χ0) is 19.5. The third-order valence-electron chi connectivity index (χ3n) is 5.05. The number of ether oxygens (including phenoxy) is 1. The van der Waals surface area contributed by atoms with Crippen molar-refractivity contribution in [1.29, 1.82) is 0 Å². The van der Waals surface area contributed by atoms with Crippen LogP contribution in [0, 0.1) is 0 Å². The first kappa shape index (κ1) is 18.8. The van der Waals surface area contributed by atoms with Crippen molar-refractivity contribution >= 4 is 17.2 Å². The monoisotopic (exact) mass is 397 g/mol. The van der Waals surface area contributed by atoms with Crippen LogP contribution in [0.15, 0.2) is 36.0 Å². The molecule has 3 aromatic rings. The number of piperidine rings is 1. The third kappa shape index (κ3) is 3.57. The van der Waals surface area contributed by atoms with E-state index < -0.39 is 0 Å². The molecule has 0 radical (unpaired) electrons. The molecule has 0 aliphatic carbocycles. The number of aromatic nitrogens is 4. The first-order chi connectivity index (χ1) is 13.7. The number of hydrogen-bond donors (Lipinski definition) is 0. The van der Waals surface area contributed by atoms with Crippen LogP contribution >= 0.6 is 11.3 Å². The van der Waals surface area contributed by atoms with Crippen LogP contribution in [0.1, 0.15) is 42.2 Å². The maximum Gasteiger partial charge on any atom is 0.257 e. The Kier molecular flexibility index (Phi) is 5.50. The van der Waals surface area contributed by atoms with Crippen LogP contribution in [0.2, 0.25) is 0 Å². The molecule has 1 fully saturated rings. The Labute approximate surface area is 168 Å². The number of hydrogen-bond acceptors (Lipinski definition) is 6. The molecular weight excluding hydrogens is 374 g/mol. The van der Waals surface area contributed by atoms with Crippen LogP contribution < -0.4 is 0 Å². The van der Waals surface area contributed by atoms with E-state index in [0.29, 0.717) is 17.2 Å². The van der Waals surface area contributed by atoms with Gasteiger partial charge in [-0.25, -0.2) is 9.97 Å². The molecule has 0 spiro atoms. The Morgan fingerprint density at radius 3 is 3.00 bits per heavy atom. The number of nitrogens with zero attached hydrogens (tertiary/aromatic N) is 5. The minimum absolute atomic E-state index is 0.0000820. The normalized spacial score (nSPS) is 17.1. The predicted octanol–water partition coefficient (Wildman–Crippen LogP) is 3.55. The van der Waals surface area contributed by atoms with Gasteiger partial charge in [0.25, 0.3) is 11.9 Å². The van der Waals surface area contributed by atoms with Crippen molar-refractivity contribution in [2.75, 3.05) is 13.7 Å². The summed E-state index contributed by atoms with van der Waals surface area (Å²) in [5, 5.41) is 6.45. The predicted molar refractivity (Wildman–Crippen MR) is 108 cm³/mol. The molecule has 146 valence electrons.